The van der Waals surface area contributed by atoms with Crippen molar-refractivity contribution in [1.82, 2.24) is 10.2 Å². The van der Waals surface area contributed by atoms with Crippen LogP contribution >= 0.6 is 11.6 Å². The predicted molar refractivity (Wildman–Crippen MR) is 132 cm³/mol. The van der Waals surface area contributed by atoms with Crippen molar-refractivity contribution >= 4 is 35.5 Å². The summed E-state index contributed by atoms with van der Waals surface area (Å²) in [5.74, 6) is -0.347. The van der Waals surface area contributed by atoms with Crippen molar-refractivity contribution in [2.45, 2.75) is 76.2 Å². The normalized spacial score (nSPS) is 15.7. The van der Waals surface area contributed by atoms with Crippen molar-refractivity contribution in [1.29, 1.82) is 0 Å². The monoisotopic (exact) mass is 479 g/mol. The summed E-state index contributed by atoms with van der Waals surface area (Å²) < 4.78 is 0. The molecule has 1 saturated heterocycles. The van der Waals surface area contributed by atoms with Crippen LogP contribution in [0.15, 0.2) is 18.2 Å². The van der Waals surface area contributed by atoms with Crippen molar-refractivity contribution in [3.8, 4) is 0 Å². The molecule has 1 aliphatic heterocycles. The van der Waals surface area contributed by atoms with Crippen LogP contribution in [-0.4, -0.2) is 60.9 Å². The first-order valence-corrected chi connectivity index (χ1v) is 12.5. The Bertz CT molecular complexity index is 766. The number of amides is 1. The number of unbranched alkanes of at least 4 members (excludes halogenated alkanes) is 4. The van der Waals surface area contributed by atoms with E-state index in [-0.39, 0.29) is 12.3 Å². The smallest absolute Gasteiger partial charge is 0.303 e. The highest BCUT2D eigenvalue weighted by atomic mass is 35.5. The van der Waals surface area contributed by atoms with Crippen molar-refractivity contribution in [3.05, 3.63) is 28.8 Å². The molecule has 2 rings (SSSR count). The number of carbonyl (C=O) groups excluding carboxylic acids is 2. The molecule has 0 aromatic heterocycles. The number of nitrogens with one attached hydrogen (secondary N) is 2. The zero-order valence-electron chi connectivity index (χ0n) is 19.7. The molecule has 0 bridgehead atoms. The molecule has 0 saturated carbocycles. The zero-order chi connectivity index (χ0) is 24.1. The minimum absolute atomic E-state index is 0.0842. The van der Waals surface area contributed by atoms with E-state index >= 15 is 0 Å². The molecule has 1 fully saturated rings. The Labute approximate surface area is 202 Å². The van der Waals surface area contributed by atoms with Gasteiger partial charge in [0.15, 0.2) is 0 Å². The van der Waals surface area contributed by atoms with Crippen LogP contribution in [0.4, 0.5) is 5.69 Å². The Kier molecular flexibility index (Phi) is 12.3. The number of rotatable bonds is 15. The van der Waals surface area contributed by atoms with Crippen LogP contribution in [0.25, 0.3) is 0 Å². The fraction of sp³-hybridized carbons (Fsp3) is 0.640. The molecule has 0 radical (unpaired) electrons. The molecular formula is C25H38ClN3O4. The largest absolute Gasteiger partial charge is 0.481 e. The SMILES string of the molecule is CNC(=O)CCC(C=O)Nc1ccc(C2CCN(CCCCCCCC(=O)O)CC2)c(Cl)c1. The van der Waals surface area contributed by atoms with Crippen LogP contribution in [0.3, 0.4) is 0 Å². The first-order chi connectivity index (χ1) is 15.9. The minimum atomic E-state index is -0.702. The molecular weight excluding hydrogens is 442 g/mol. The Morgan fingerprint density at radius 2 is 1.85 bits per heavy atom. The summed E-state index contributed by atoms with van der Waals surface area (Å²) in [4.78, 5) is 35.8. The first kappa shape index (κ1) is 27.1. The fourth-order valence-corrected chi connectivity index (χ4v) is 4.69. The van der Waals surface area contributed by atoms with E-state index in [9.17, 15) is 14.4 Å². The standard InChI is InChI=1S/C25H38ClN3O4/c1-27-24(31)11-9-21(18-30)28-20-8-10-22(23(26)17-20)19-12-15-29(16-13-19)14-6-4-2-3-5-7-25(32)33/h8,10,17-19,21,28H,2-7,9,11-16H2,1H3,(H,27,31)(H,32,33). The number of halogens is 1. The third kappa shape index (κ3) is 10.1. The van der Waals surface area contributed by atoms with Gasteiger partial charge in [0.25, 0.3) is 0 Å². The quantitative estimate of drug-likeness (QED) is 0.254. The molecule has 1 atom stereocenters. The first-order valence-electron chi connectivity index (χ1n) is 12.1. The van der Waals surface area contributed by atoms with Crippen LogP contribution < -0.4 is 10.6 Å². The van der Waals surface area contributed by atoms with E-state index in [0.717, 1.165) is 87.1 Å². The molecule has 1 aromatic carbocycles. The molecule has 3 N–H and O–H groups in total. The second-order valence-electron chi connectivity index (χ2n) is 8.86. The third-order valence-corrected chi connectivity index (χ3v) is 6.70. The van der Waals surface area contributed by atoms with E-state index in [1.807, 2.05) is 12.1 Å². The summed E-state index contributed by atoms with van der Waals surface area (Å²) in [6.07, 6.45) is 9.20. The van der Waals surface area contributed by atoms with Gasteiger partial charge in [-0.05, 0) is 75.4 Å². The van der Waals surface area contributed by atoms with Crippen LogP contribution in [0.5, 0.6) is 0 Å². The van der Waals surface area contributed by atoms with Gasteiger partial charge in [-0.25, -0.2) is 0 Å². The summed E-state index contributed by atoms with van der Waals surface area (Å²) in [5.41, 5.74) is 1.95. The van der Waals surface area contributed by atoms with E-state index in [1.165, 1.54) is 0 Å². The van der Waals surface area contributed by atoms with Gasteiger partial charge in [0.2, 0.25) is 5.91 Å². The number of aliphatic carboxylic acids is 1. The maximum atomic E-state index is 11.4. The number of nitrogens with zero attached hydrogens (tertiary/aromatic N) is 1. The van der Waals surface area contributed by atoms with E-state index in [4.69, 9.17) is 16.7 Å². The van der Waals surface area contributed by atoms with E-state index < -0.39 is 12.0 Å². The predicted octanol–water partition coefficient (Wildman–Crippen LogP) is 4.45. The van der Waals surface area contributed by atoms with Crippen LogP contribution in [-0.2, 0) is 14.4 Å². The lowest BCUT2D eigenvalue weighted by Crippen LogP contribution is -2.33. The van der Waals surface area contributed by atoms with Gasteiger partial charge in [0.05, 0.1) is 6.04 Å². The van der Waals surface area contributed by atoms with Crippen LogP contribution in [0.1, 0.15) is 75.7 Å². The van der Waals surface area contributed by atoms with Crippen LogP contribution in [0, 0.1) is 0 Å². The van der Waals surface area contributed by atoms with Gasteiger partial charge in [0, 0.05) is 30.6 Å². The summed E-state index contributed by atoms with van der Waals surface area (Å²) in [5, 5.41) is 15.1. The molecule has 1 heterocycles. The highest BCUT2D eigenvalue weighted by Gasteiger charge is 2.22. The molecule has 8 heteroatoms. The zero-order valence-corrected chi connectivity index (χ0v) is 20.4. The molecule has 0 aliphatic carbocycles. The number of carboxylic acid groups (broad SMARTS) is 1. The van der Waals surface area contributed by atoms with Gasteiger partial charge in [-0.3, -0.25) is 9.59 Å². The summed E-state index contributed by atoms with van der Waals surface area (Å²) in [6.45, 7) is 3.23. The lowest BCUT2D eigenvalue weighted by Gasteiger charge is -2.32. The minimum Gasteiger partial charge on any atom is -0.481 e. The highest BCUT2D eigenvalue weighted by Crippen LogP contribution is 2.34. The second kappa shape index (κ2) is 14.9. The Morgan fingerprint density at radius 1 is 1.15 bits per heavy atom. The lowest BCUT2D eigenvalue weighted by atomic mass is 9.89. The maximum Gasteiger partial charge on any atom is 0.303 e. The summed E-state index contributed by atoms with van der Waals surface area (Å²) >= 11 is 6.60. The fourth-order valence-electron chi connectivity index (χ4n) is 4.36. The topological polar surface area (TPSA) is 98.7 Å². The van der Waals surface area contributed by atoms with Crippen LogP contribution in [0.2, 0.25) is 5.02 Å². The van der Waals surface area contributed by atoms with Gasteiger partial charge in [-0.15, -0.1) is 0 Å². The molecule has 1 unspecified atom stereocenters. The van der Waals surface area contributed by atoms with Crippen molar-refractivity contribution < 1.29 is 19.5 Å². The molecule has 1 aromatic rings. The number of piperidine rings is 1. The van der Waals surface area contributed by atoms with Gasteiger partial charge in [0.1, 0.15) is 6.29 Å². The summed E-state index contributed by atoms with van der Waals surface area (Å²) in [7, 11) is 1.59. The van der Waals surface area contributed by atoms with Gasteiger partial charge < -0.3 is 25.4 Å². The Hall–Kier alpha value is -2.12. The van der Waals surface area contributed by atoms with Crippen molar-refractivity contribution in [2.75, 3.05) is 32.0 Å². The Balaban J connectivity index is 1.72. The molecule has 33 heavy (non-hydrogen) atoms. The molecule has 0 spiro atoms. The molecule has 7 nitrogen and oxygen atoms in total. The van der Waals surface area contributed by atoms with Gasteiger partial charge in [-0.1, -0.05) is 36.9 Å². The van der Waals surface area contributed by atoms with Crippen molar-refractivity contribution in [2.24, 2.45) is 0 Å². The number of benzene rings is 1. The highest BCUT2D eigenvalue weighted by molar-refractivity contribution is 6.31. The second-order valence-corrected chi connectivity index (χ2v) is 9.27. The number of likely N-dealkylation sites (tertiary alicyclic amines) is 1. The summed E-state index contributed by atoms with van der Waals surface area (Å²) in [6, 6.07) is 5.48. The third-order valence-electron chi connectivity index (χ3n) is 6.37. The lowest BCUT2D eigenvalue weighted by molar-refractivity contribution is -0.137. The van der Waals surface area contributed by atoms with E-state index in [1.54, 1.807) is 7.05 Å². The molecule has 184 valence electrons. The number of carbonyl (C=O) groups is 3. The average molecular weight is 480 g/mol. The number of anilines is 1. The molecule has 1 aliphatic rings. The maximum absolute atomic E-state index is 11.4. The Morgan fingerprint density at radius 3 is 2.48 bits per heavy atom. The van der Waals surface area contributed by atoms with E-state index in [2.05, 4.69) is 21.6 Å². The van der Waals surface area contributed by atoms with Gasteiger partial charge >= 0.3 is 5.97 Å². The number of hydrogen-bond acceptors (Lipinski definition) is 5. The average Bonchev–Trinajstić information content (AvgIpc) is 2.81. The van der Waals surface area contributed by atoms with Gasteiger partial charge in [-0.2, -0.15) is 0 Å². The molecule has 1 amide bonds. The van der Waals surface area contributed by atoms with E-state index in [0.29, 0.717) is 18.8 Å². The number of aldehydes is 1. The van der Waals surface area contributed by atoms with Crippen molar-refractivity contribution in [3.63, 3.8) is 0 Å². The number of carboxylic acids is 1. The number of hydrogen-bond donors (Lipinski definition) is 3.